The molecule has 0 spiro atoms. The van der Waals surface area contributed by atoms with Crippen molar-refractivity contribution in [2.24, 2.45) is 10.9 Å². The summed E-state index contributed by atoms with van der Waals surface area (Å²) in [5, 5.41) is 9.71. The number of hydrogen-bond donors (Lipinski definition) is 0. The van der Waals surface area contributed by atoms with Gasteiger partial charge in [-0.15, -0.1) is 0 Å². The molecule has 13 rings (SSSR count). The van der Waals surface area contributed by atoms with Gasteiger partial charge in [0.25, 0.3) is 0 Å². The van der Waals surface area contributed by atoms with Crippen LogP contribution in [0.2, 0.25) is 0 Å². The number of para-hydroxylation sites is 2. The van der Waals surface area contributed by atoms with Crippen LogP contribution in [0, 0.1) is 5.92 Å². The highest BCUT2D eigenvalue weighted by molar-refractivity contribution is 6.20. The van der Waals surface area contributed by atoms with Gasteiger partial charge in [-0.2, -0.15) is 0 Å². The van der Waals surface area contributed by atoms with Crippen molar-refractivity contribution >= 4 is 76.6 Å². The van der Waals surface area contributed by atoms with E-state index in [-0.39, 0.29) is 17.9 Å². The molecule has 1 aliphatic carbocycles. The molecule has 0 radical (unpaired) electrons. The molecule has 2 aromatic heterocycles. The Kier molecular flexibility index (Phi) is 8.21. The molecule has 0 saturated heterocycles. The molecule has 3 heterocycles. The minimum absolute atomic E-state index is 0.0212. The molecule has 2 unspecified atom stereocenters. The number of benzene rings is 9. The molecule has 0 N–H and O–H groups in total. The molecule has 63 heavy (non-hydrogen) atoms. The molecule has 0 fully saturated rings. The van der Waals surface area contributed by atoms with Gasteiger partial charge in [0.1, 0.15) is 11.2 Å². The lowest BCUT2D eigenvalue weighted by Crippen LogP contribution is -2.26. The Morgan fingerprint density at radius 3 is 2.11 bits per heavy atom. The summed E-state index contributed by atoms with van der Waals surface area (Å²) in [5.41, 5.74) is 15.6. The molecule has 0 bridgehead atoms. The number of aliphatic imine (C=N–C) groups is 1. The monoisotopic (exact) mass is 808 g/mol. The maximum Gasteiger partial charge on any atom is 0.138 e. The molecule has 0 saturated carbocycles. The molecular weight excluding hydrogens is 765 g/mol. The number of hydrogen-bond acceptors (Lipinski definition) is 2. The Balaban J connectivity index is 1.07. The number of aryl methyl sites for hydroxylation is 1. The van der Waals surface area contributed by atoms with Gasteiger partial charge >= 0.3 is 0 Å². The van der Waals surface area contributed by atoms with Gasteiger partial charge in [-0.3, -0.25) is 4.99 Å². The van der Waals surface area contributed by atoms with Gasteiger partial charge in [0.05, 0.1) is 22.8 Å². The standard InChI is InChI=1S/C60H44N2O/c1-37-45(43-27-26-38-14-2-3-16-40(38)32-43)30-31-54(61-60(37)50-29-28-39-15-6-7-19-46(39)47-20-8-9-21-48(47)50)53-35-44(36-58-59(53)51-23-11-13-25-57(51)63-58)62-55-24-12-10-22-49(55)52-33-41-17-4-5-18-42(41)34-56(52)62/h2-27,30,32-37,50,60H,28-29,31H2,1H3/t37?,50-,60?/m0/s1. The first-order valence-corrected chi connectivity index (χ1v) is 22.5. The molecule has 1 aliphatic heterocycles. The second-order valence-corrected chi connectivity index (χ2v) is 17.7. The summed E-state index contributed by atoms with van der Waals surface area (Å²) in [4.78, 5) is 6.13. The van der Waals surface area contributed by atoms with Crippen LogP contribution in [0.5, 0.6) is 0 Å². The van der Waals surface area contributed by atoms with E-state index < -0.39 is 0 Å². The number of rotatable bonds is 4. The quantitative estimate of drug-likeness (QED) is 0.174. The van der Waals surface area contributed by atoms with E-state index in [0.29, 0.717) is 6.42 Å². The van der Waals surface area contributed by atoms with E-state index in [2.05, 4.69) is 206 Å². The third-order valence-corrected chi connectivity index (χ3v) is 14.3. The van der Waals surface area contributed by atoms with Gasteiger partial charge in [-0.25, -0.2) is 0 Å². The van der Waals surface area contributed by atoms with Crippen molar-refractivity contribution in [3.8, 4) is 16.8 Å². The Morgan fingerprint density at radius 2 is 1.24 bits per heavy atom. The lowest BCUT2D eigenvalue weighted by Gasteiger charge is -2.31. The molecule has 2 aliphatic rings. The van der Waals surface area contributed by atoms with E-state index in [0.717, 1.165) is 51.7 Å². The van der Waals surface area contributed by atoms with E-state index in [1.54, 1.807) is 0 Å². The Morgan fingerprint density at radius 1 is 0.540 bits per heavy atom. The van der Waals surface area contributed by atoms with Gasteiger partial charge in [0.2, 0.25) is 0 Å². The van der Waals surface area contributed by atoms with Crippen molar-refractivity contribution in [1.82, 2.24) is 4.57 Å². The fourth-order valence-corrected chi connectivity index (χ4v) is 11.3. The summed E-state index contributed by atoms with van der Waals surface area (Å²) in [6, 6.07) is 69.3. The summed E-state index contributed by atoms with van der Waals surface area (Å²) in [6.45, 7) is 2.43. The van der Waals surface area contributed by atoms with Gasteiger partial charge in [-0.05, 0) is 104 Å². The highest BCUT2D eigenvalue weighted by atomic mass is 16.3. The summed E-state index contributed by atoms with van der Waals surface area (Å²) < 4.78 is 9.30. The number of fused-ring (bicyclic) bond motifs is 11. The molecule has 11 aromatic rings. The fourth-order valence-electron chi connectivity index (χ4n) is 11.3. The Hall–Kier alpha value is -7.49. The number of furan rings is 1. The van der Waals surface area contributed by atoms with Crippen LogP contribution >= 0.6 is 0 Å². The van der Waals surface area contributed by atoms with Crippen molar-refractivity contribution in [3.63, 3.8) is 0 Å². The van der Waals surface area contributed by atoms with Crippen molar-refractivity contribution in [2.45, 2.75) is 38.1 Å². The summed E-state index contributed by atoms with van der Waals surface area (Å²) in [6.07, 6.45) is 5.23. The summed E-state index contributed by atoms with van der Waals surface area (Å²) >= 11 is 0. The van der Waals surface area contributed by atoms with Gasteiger partial charge < -0.3 is 8.98 Å². The van der Waals surface area contributed by atoms with Crippen LogP contribution < -0.4 is 0 Å². The molecule has 3 atom stereocenters. The third-order valence-electron chi connectivity index (χ3n) is 14.3. The predicted molar refractivity (Wildman–Crippen MR) is 265 cm³/mol. The number of aromatic nitrogens is 1. The number of allylic oxidation sites excluding steroid dienone is 1. The zero-order chi connectivity index (χ0) is 41.6. The highest BCUT2D eigenvalue weighted by Crippen LogP contribution is 2.47. The van der Waals surface area contributed by atoms with Crippen LogP contribution in [0.3, 0.4) is 0 Å². The molecule has 9 aromatic carbocycles. The van der Waals surface area contributed by atoms with Crippen LogP contribution in [0.15, 0.2) is 204 Å². The van der Waals surface area contributed by atoms with Crippen molar-refractivity contribution in [3.05, 3.63) is 216 Å². The topological polar surface area (TPSA) is 30.4 Å². The minimum atomic E-state index is -0.0212. The zero-order valence-corrected chi connectivity index (χ0v) is 35.1. The summed E-state index contributed by atoms with van der Waals surface area (Å²) in [7, 11) is 0. The van der Waals surface area contributed by atoms with Crippen LogP contribution in [0.25, 0.3) is 87.7 Å². The van der Waals surface area contributed by atoms with Crippen molar-refractivity contribution in [2.75, 3.05) is 0 Å². The smallest absolute Gasteiger partial charge is 0.138 e. The van der Waals surface area contributed by atoms with E-state index in [1.165, 1.54) is 76.7 Å². The molecule has 300 valence electrons. The second kappa shape index (κ2) is 14.3. The normalized spacial score (nSPS) is 17.8. The zero-order valence-electron chi connectivity index (χ0n) is 35.1. The SMILES string of the molecule is CC1C(c2ccc3ccccc3c2)=CCC(c2cc(-n3c4ccccc4c4cc5ccccc5cc43)cc3oc4ccccc4c23)=NC1[C@H]1CCc2ccccc2-c2ccccc21. The molecule has 0 amide bonds. The highest BCUT2D eigenvalue weighted by Gasteiger charge is 2.36. The molecule has 3 nitrogen and oxygen atoms in total. The Bertz CT molecular complexity index is 3710. The van der Waals surface area contributed by atoms with E-state index in [4.69, 9.17) is 9.41 Å². The fraction of sp³-hybridized carbons (Fsp3) is 0.117. The van der Waals surface area contributed by atoms with Crippen LogP contribution in [0.4, 0.5) is 0 Å². The Labute approximate surface area is 366 Å². The van der Waals surface area contributed by atoms with Gasteiger partial charge in [0, 0.05) is 57.1 Å². The first-order chi connectivity index (χ1) is 31.1. The largest absolute Gasteiger partial charge is 0.456 e. The van der Waals surface area contributed by atoms with E-state index >= 15 is 0 Å². The van der Waals surface area contributed by atoms with Crippen molar-refractivity contribution in [1.29, 1.82) is 0 Å². The lowest BCUT2D eigenvalue weighted by molar-refractivity contribution is 0.441. The first kappa shape index (κ1) is 36.2. The molecule has 3 heteroatoms. The average Bonchev–Trinajstić information content (AvgIpc) is 3.74. The molecular formula is C60H44N2O. The summed E-state index contributed by atoms with van der Waals surface area (Å²) in [5.74, 6) is 0.347. The van der Waals surface area contributed by atoms with Crippen molar-refractivity contribution < 1.29 is 4.42 Å². The van der Waals surface area contributed by atoms with E-state index in [9.17, 15) is 0 Å². The minimum Gasteiger partial charge on any atom is -0.456 e. The second-order valence-electron chi connectivity index (χ2n) is 17.7. The predicted octanol–water partition coefficient (Wildman–Crippen LogP) is 15.7. The van der Waals surface area contributed by atoms with Gasteiger partial charge in [0.15, 0.2) is 0 Å². The van der Waals surface area contributed by atoms with Crippen LogP contribution in [-0.2, 0) is 6.42 Å². The average molecular weight is 809 g/mol. The maximum absolute atomic E-state index is 6.86. The van der Waals surface area contributed by atoms with Gasteiger partial charge in [-0.1, -0.05) is 159 Å². The number of nitrogens with zero attached hydrogens (tertiary/aromatic N) is 2. The lowest BCUT2D eigenvalue weighted by atomic mass is 9.77. The maximum atomic E-state index is 6.86. The van der Waals surface area contributed by atoms with E-state index in [1.807, 2.05) is 0 Å². The van der Waals surface area contributed by atoms with Crippen LogP contribution in [0.1, 0.15) is 47.9 Å². The third kappa shape index (κ3) is 5.76. The van der Waals surface area contributed by atoms with Crippen LogP contribution in [-0.4, -0.2) is 16.3 Å². The first-order valence-electron chi connectivity index (χ1n) is 22.5.